The Morgan fingerprint density at radius 3 is 2.45 bits per heavy atom. The summed E-state index contributed by atoms with van der Waals surface area (Å²) >= 11 is 0. The topological polar surface area (TPSA) is 73.9 Å². The van der Waals surface area contributed by atoms with E-state index < -0.39 is 17.4 Å². The molecule has 120 valence electrons. The van der Waals surface area contributed by atoms with Crippen molar-refractivity contribution in [1.82, 2.24) is 5.32 Å². The predicted octanol–water partition coefficient (Wildman–Crippen LogP) is 1.45. The number of nitrogens with one attached hydrogen (secondary N) is 1. The maximum atomic E-state index is 12.1. The zero-order chi connectivity index (χ0) is 16.3. The molecule has 2 rings (SSSR count). The van der Waals surface area contributed by atoms with Gasteiger partial charge in [0.05, 0.1) is 33.3 Å². The van der Waals surface area contributed by atoms with E-state index in [0.29, 0.717) is 12.2 Å². The van der Waals surface area contributed by atoms with Crippen molar-refractivity contribution in [3.63, 3.8) is 0 Å². The molecule has 0 bridgehead atoms. The quantitative estimate of drug-likeness (QED) is 0.849. The van der Waals surface area contributed by atoms with E-state index in [9.17, 15) is 9.59 Å². The highest BCUT2D eigenvalue weighted by molar-refractivity contribution is 5.84. The van der Waals surface area contributed by atoms with Gasteiger partial charge >= 0.3 is 11.9 Å². The molecule has 1 aromatic carbocycles. The summed E-state index contributed by atoms with van der Waals surface area (Å²) in [6.45, 7) is 1.73. The monoisotopic (exact) mass is 307 g/mol. The number of para-hydroxylation sites is 1. The van der Waals surface area contributed by atoms with Crippen molar-refractivity contribution in [2.24, 2.45) is 5.92 Å². The third-order valence-corrected chi connectivity index (χ3v) is 4.12. The lowest BCUT2D eigenvalue weighted by atomic mass is 9.90. The van der Waals surface area contributed by atoms with Gasteiger partial charge in [-0.05, 0) is 19.4 Å². The van der Waals surface area contributed by atoms with E-state index in [2.05, 4.69) is 5.32 Å². The van der Waals surface area contributed by atoms with Crippen LogP contribution in [0.15, 0.2) is 24.3 Å². The van der Waals surface area contributed by atoms with Gasteiger partial charge in [-0.1, -0.05) is 18.2 Å². The van der Waals surface area contributed by atoms with Gasteiger partial charge < -0.3 is 14.2 Å². The van der Waals surface area contributed by atoms with E-state index in [1.165, 1.54) is 14.2 Å². The van der Waals surface area contributed by atoms with Crippen molar-refractivity contribution in [2.75, 3.05) is 21.3 Å². The van der Waals surface area contributed by atoms with Gasteiger partial charge in [-0.15, -0.1) is 0 Å². The molecule has 1 saturated heterocycles. The molecule has 1 fully saturated rings. The molecule has 0 aliphatic carbocycles. The van der Waals surface area contributed by atoms with Crippen molar-refractivity contribution in [2.45, 2.75) is 24.9 Å². The van der Waals surface area contributed by atoms with Crippen LogP contribution in [0.2, 0.25) is 0 Å². The summed E-state index contributed by atoms with van der Waals surface area (Å²) in [5.74, 6) is -0.608. The molecule has 6 nitrogen and oxygen atoms in total. The Morgan fingerprint density at radius 1 is 1.18 bits per heavy atom. The lowest BCUT2D eigenvalue weighted by Gasteiger charge is -2.23. The van der Waals surface area contributed by atoms with E-state index in [1.807, 2.05) is 24.3 Å². The number of rotatable bonds is 4. The molecule has 0 spiro atoms. The maximum absolute atomic E-state index is 12.1. The summed E-state index contributed by atoms with van der Waals surface area (Å²) in [6.07, 6.45) is 0.301. The molecular formula is C16H21NO5. The number of ether oxygens (including phenoxy) is 3. The molecular weight excluding hydrogens is 286 g/mol. The van der Waals surface area contributed by atoms with Crippen LogP contribution in [0.4, 0.5) is 0 Å². The molecule has 1 aliphatic rings. The number of benzene rings is 1. The Labute approximate surface area is 129 Å². The number of hydrogen-bond acceptors (Lipinski definition) is 6. The van der Waals surface area contributed by atoms with Crippen LogP contribution < -0.4 is 10.1 Å². The van der Waals surface area contributed by atoms with Crippen molar-refractivity contribution >= 4 is 11.9 Å². The Hall–Kier alpha value is -2.08. The number of carbonyl (C=O) groups excluding carboxylic acids is 2. The number of carbonyl (C=O) groups is 2. The van der Waals surface area contributed by atoms with E-state index in [-0.39, 0.29) is 12.0 Å². The Bertz CT molecular complexity index is 573. The second-order valence-corrected chi connectivity index (χ2v) is 5.52. The third-order valence-electron chi connectivity index (χ3n) is 4.12. The lowest BCUT2D eigenvalue weighted by molar-refractivity contribution is -0.148. The summed E-state index contributed by atoms with van der Waals surface area (Å²) in [5, 5.41) is 3.22. The highest BCUT2D eigenvalue weighted by atomic mass is 16.5. The van der Waals surface area contributed by atoms with Crippen LogP contribution in [0.1, 0.15) is 24.9 Å². The highest BCUT2D eigenvalue weighted by Gasteiger charge is 2.51. The second-order valence-electron chi connectivity index (χ2n) is 5.52. The molecule has 0 radical (unpaired) electrons. The number of esters is 2. The second kappa shape index (κ2) is 6.36. The molecule has 1 aromatic rings. The third kappa shape index (κ3) is 2.78. The normalized spacial score (nSPS) is 27.3. The van der Waals surface area contributed by atoms with Crippen LogP contribution in [-0.4, -0.2) is 38.8 Å². The first-order chi connectivity index (χ1) is 10.5. The van der Waals surface area contributed by atoms with Crippen molar-refractivity contribution in [1.29, 1.82) is 0 Å². The van der Waals surface area contributed by atoms with Crippen LogP contribution >= 0.6 is 0 Å². The molecule has 0 saturated carbocycles. The van der Waals surface area contributed by atoms with Gasteiger partial charge in [0, 0.05) is 5.56 Å². The maximum Gasteiger partial charge on any atom is 0.325 e. The molecule has 1 N–H and O–H groups in total. The standard InChI is InChI=1S/C16H21NO5/c1-16(15(19)22-4)9-11(14(18)21-3)13(17-16)10-7-5-6-8-12(10)20-2/h5-8,11,13,17H,9H2,1-4H3/t11-,13?,16-/m0/s1. The van der Waals surface area contributed by atoms with Gasteiger partial charge in [-0.25, -0.2) is 0 Å². The molecule has 0 aromatic heterocycles. The zero-order valence-electron chi connectivity index (χ0n) is 13.2. The smallest absolute Gasteiger partial charge is 0.325 e. The molecule has 6 heteroatoms. The van der Waals surface area contributed by atoms with E-state index >= 15 is 0 Å². The Kier molecular flexibility index (Phi) is 4.71. The van der Waals surface area contributed by atoms with Crippen molar-refractivity contribution in [3.8, 4) is 5.75 Å². The first-order valence-corrected chi connectivity index (χ1v) is 7.03. The molecule has 1 heterocycles. The van der Waals surface area contributed by atoms with Crippen LogP contribution in [0, 0.1) is 5.92 Å². The summed E-state index contributed by atoms with van der Waals surface area (Å²) < 4.78 is 15.1. The minimum absolute atomic E-state index is 0.301. The largest absolute Gasteiger partial charge is 0.496 e. The minimum atomic E-state index is -0.945. The van der Waals surface area contributed by atoms with Gasteiger partial charge in [-0.2, -0.15) is 0 Å². The first-order valence-electron chi connectivity index (χ1n) is 7.03. The zero-order valence-corrected chi connectivity index (χ0v) is 13.2. The van der Waals surface area contributed by atoms with Crippen molar-refractivity contribution < 1.29 is 23.8 Å². The van der Waals surface area contributed by atoms with Crippen LogP contribution in [0.5, 0.6) is 5.75 Å². The van der Waals surface area contributed by atoms with E-state index in [1.54, 1.807) is 14.0 Å². The van der Waals surface area contributed by atoms with Crippen LogP contribution in [0.3, 0.4) is 0 Å². The molecule has 1 aliphatic heterocycles. The van der Waals surface area contributed by atoms with Gasteiger partial charge in [0.25, 0.3) is 0 Å². The van der Waals surface area contributed by atoms with Gasteiger partial charge in [0.15, 0.2) is 0 Å². The van der Waals surface area contributed by atoms with Gasteiger partial charge in [-0.3, -0.25) is 14.9 Å². The fraction of sp³-hybridized carbons (Fsp3) is 0.500. The van der Waals surface area contributed by atoms with Gasteiger partial charge in [0.1, 0.15) is 11.3 Å². The highest BCUT2D eigenvalue weighted by Crippen LogP contribution is 2.42. The average Bonchev–Trinajstić information content (AvgIpc) is 2.92. The minimum Gasteiger partial charge on any atom is -0.496 e. The molecule has 22 heavy (non-hydrogen) atoms. The SMILES string of the molecule is COC(=O)[C@H]1C[C@@](C)(C(=O)OC)NC1c1ccccc1OC. The fourth-order valence-electron chi connectivity index (χ4n) is 3.02. The van der Waals surface area contributed by atoms with Crippen LogP contribution in [0.25, 0.3) is 0 Å². The predicted molar refractivity (Wildman–Crippen MR) is 79.4 cm³/mol. The van der Waals surface area contributed by atoms with E-state index in [4.69, 9.17) is 14.2 Å². The molecule has 3 atom stereocenters. The summed E-state index contributed by atoms with van der Waals surface area (Å²) in [4.78, 5) is 24.2. The Balaban J connectivity index is 2.42. The molecule has 0 amide bonds. The first kappa shape index (κ1) is 16.3. The van der Waals surface area contributed by atoms with Gasteiger partial charge in [0.2, 0.25) is 0 Å². The molecule has 1 unspecified atom stereocenters. The number of hydrogen-bond donors (Lipinski definition) is 1. The van der Waals surface area contributed by atoms with Crippen LogP contribution in [-0.2, 0) is 19.1 Å². The average molecular weight is 307 g/mol. The fourth-order valence-corrected chi connectivity index (χ4v) is 3.02. The summed E-state index contributed by atoms with van der Waals surface area (Å²) in [7, 11) is 4.24. The summed E-state index contributed by atoms with van der Waals surface area (Å²) in [5.41, 5.74) is -0.132. The lowest BCUT2D eigenvalue weighted by Crippen LogP contribution is -2.46. The van der Waals surface area contributed by atoms with Crippen molar-refractivity contribution in [3.05, 3.63) is 29.8 Å². The Morgan fingerprint density at radius 2 is 1.86 bits per heavy atom. The van der Waals surface area contributed by atoms with E-state index in [0.717, 1.165) is 5.56 Å². The summed E-state index contributed by atoms with van der Waals surface area (Å²) in [6, 6.07) is 7.02. The number of methoxy groups -OCH3 is 3.